The summed E-state index contributed by atoms with van der Waals surface area (Å²) in [5, 5.41) is 2.95. The number of hydrogen-bond donors (Lipinski definition) is 2. The van der Waals surface area contributed by atoms with Crippen molar-refractivity contribution in [1.29, 1.82) is 0 Å². The highest BCUT2D eigenvalue weighted by molar-refractivity contribution is 5.76. The summed E-state index contributed by atoms with van der Waals surface area (Å²) in [5.41, 5.74) is 9.75. The summed E-state index contributed by atoms with van der Waals surface area (Å²) in [7, 11) is 0. The average molecular weight is 465 g/mol. The molecule has 3 N–H and O–H groups in total. The molecule has 34 heavy (non-hydrogen) atoms. The molecule has 1 aliphatic rings. The van der Waals surface area contributed by atoms with Crippen LogP contribution >= 0.6 is 0 Å². The van der Waals surface area contributed by atoms with Gasteiger partial charge in [-0.25, -0.2) is 4.79 Å². The zero-order valence-electron chi connectivity index (χ0n) is 21.3. The molecule has 0 bridgehead atoms. The molecule has 0 aromatic heterocycles. The summed E-state index contributed by atoms with van der Waals surface area (Å²) in [6, 6.07) is 17.2. The van der Waals surface area contributed by atoms with E-state index in [1.54, 1.807) is 0 Å². The van der Waals surface area contributed by atoms with Gasteiger partial charge < -0.3 is 15.8 Å². The topological polar surface area (TPSA) is 81.4 Å². The number of carbonyl (C=O) groups is 2. The number of primary amides is 1. The van der Waals surface area contributed by atoms with Gasteiger partial charge >= 0.3 is 6.09 Å². The first-order valence-electron chi connectivity index (χ1n) is 12.4. The summed E-state index contributed by atoms with van der Waals surface area (Å²) in [4.78, 5) is 23.1. The fourth-order valence-corrected chi connectivity index (χ4v) is 4.44. The number of nitrogens with two attached hydrogens (primary N) is 1. The Bertz CT molecular complexity index is 970. The molecule has 0 spiro atoms. The van der Waals surface area contributed by atoms with E-state index in [1.807, 2.05) is 32.9 Å². The fourth-order valence-electron chi connectivity index (χ4n) is 4.44. The van der Waals surface area contributed by atoms with Gasteiger partial charge in [0.05, 0.1) is 6.42 Å². The molecule has 3 rings (SSSR count). The largest absolute Gasteiger partial charge is 0.444 e. The van der Waals surface area contributed by atoms with E-state index < -0.39 is 5.60 Å². The van der Waals surface area contributed by atoms with Gasteiger partial charge in [0.15, 0.2) is 0 Å². The van der Waals surface area contributed by atoms with Crippen molar-refractivity contribution in [2.24, 2.45) is 5.73 Å². The van der Waals surface area contributed by atoms with Gasteiger partial charge in [0.2, 0.25) is 5.91 Å². The molecule has 0 radical (unpaired) electrons. The Morgan fingerprint density at radius 1 is 0.941 bits per heavy atom. The second-order valence-electron chi connectivity index (χ2n) is 11.0. The van der Waals surface area contributed by atoms with Gasteiger partial charge in [-0.05, 0) is 80.5 Å². The smallest absolute Gasteiger partial charge is 0.407 e. The maximum atomic E-state index is 12.0. The third-order valence-electron chi connectivity index (χ3n) is 6.88. The first-order chi connectivity index (χ1) is 16.0. The van der Waals surface area contributed by atoms with Crippen LogP contribution in [0.15, 0.2) is 48.5 Å². The van der Waals surface area contributed by atoms with E-state index in [-0.39, 0.29) is 17.4 Å². The van der Waals surface area contributed by atoms with Crippen LogP contribution in [0.5, 0.6) is 0 Å². The summed E-state index contributed by atoms with van der Waals surface area (Å²) in [5.74, 6) is 0.631. The highest BCUT2D eigenvalue weighted by atomic mass is 16.6. The molecule has 2 unspecified atom stereocenters. The number of carbonyl (C=O) groups excluding carboxylic acids is 2. The lowest BCUT2D eigenvalue weighted by Gasteiger charge is -2.22. The Morgan fingerprint density at radius 3 is 1.88 bits per heavy atom. The Kier molecular flexibility index (Phi) is 8.06. The van der Waals surface area contributed by atoms with Gasteiger partial charge in [-0.2, -0.15) is 0 Å². The Labute approximate surface area is 204 Å². The molecular formula is C29H40N2O3. The number of ether oxygens (including phenoxy) is 1. The van der Waals surface area contributed by atoms with Gasteiger partial charge in [-0.1, -0.05) is 62.4 Å². The fraction of sp³-hybridized carbons (Fsp3) is 0.517. The van der Waals surface area contributed by atoms with Gasteiger partial charge in [0.1, 0.15) is 5.60 Å². The molecule has 1 saturated carbocycles. The lowest BCUT2D eigenvalue weighted by molar-refractivity contribution is -0.117. The number of nitrogens with one attached hydrogen (secondary N) is 1. The number of hydrogen-bond acceptors (Lipinski definition) is 3. The first kappa shape index (κ1) is 25.8. The van der Waals surface area contributed by atoms with E-state index in [1.165, 1.54) is 16.7 Å². The Hall–Kier alpha value is -2.82. The van der Waals surface area contributed by atoms with Crippen LogP contribution in [0.4, 0.5) is 4.79 Å². The Morgan fingerprint density at radius 2 is 1.44 bits per heavy atom. The molecular weight excluding hydrogens is 424 g/mol. The number of benzene rings is 2. The van der Waals surface area contributed by atoms with Crippen molar-refractivity contribution < 1.29 is 14.3 Å². The molecule has 0 heterocycles. The van der Waals surface area contributed by atoms with Crippen LogP contribution in [0, 0.1) is 0 Å². The molecule has 1 fully saturated rings. The van der Waals surface area contributed by atoms with Crippen LogP contribution in [-0.4, -0.2) is 24.1 Å². The minimum atomic E-state index is -0.482. The molecule has 2 aromatic rings. The van der Waals surface area contributed by atoms with Crippen molar-refractivity contribution in [2.75, 3.05) is 6.54 Å². The molecule has 0 aliphatic heterocycles. The molecule has 0 saturated heterocycles. The number of alkyl carbamates (subject to hydrolysis) is 1. The van der Waals surface area contributed by atoms with Crippen LogP contribution in [0.2, 0.25) is 0 Å². The van der Waals surface area contributed by atoms with Crippen molar-refractivity contribution >= 4 is 12.0 Å². The van der Waals surface area contributed by atoms with Crippen molar-refractivity contribution in [1.82, 2.24) is 5.32 Å². The number of amides is 2. The van der Waals surface area contributed by atoms with E-state index >= 15 is 0 Å². The van der Waals surface area contributed by atoms with Crippen LogP contribution in [0.3, 0.4) is 0 Å². The van der Waals surface area contributed by atoms with Gasteiger partial charge in [-0.3, -0.25) is 4.79 Å². The third kappa shape index (κ3) is 7.34. The summed E-state index contributed by atoms with van der Waals surface area (Å²) in [6.07, 6.45) is 4.33. The second-order valence-corrected chi connectivity index (χ2v) is 11.0. The molecule has 2 atom stereocenters. The molecule has 2 aromatic carbocycles. The van der Waals surface area contributed by atoms with Gasteiger partial charge in [-0.15, -0.1) is 0 Å². The van der Waals surface area contributed by atoms with Gasteiger partial charge in [0, 0.05) is 12.0 Å². The monoisotopic (exact) mass is 464 g/mol. The summed E-state index contributed by atoms with van der Waals surface area (Å²) < 4.78 is 5.38. The van der Waals surface area contributed by atoms with Crippen molar-refractivity contribution in [3.63, 3.8) is 0 Å². The highest BCUT2D eigenvalue weighted by Crippen LogP contribution is 2.48. The molecule has 5 nitrogen and oxygen atoms in total. The lowest BCUT2D eigenvalue weighted by atomic mass is 9.87. The summed E-state index contributed by atoms with van der Waals surface area (Å²) in [6.45, 7) is 10.8. The van der Waals surface area contributed by atoms with E-state index in [2.05, 4.69) is 55.6 Å². The molecule has 5 heteroatoms. The van der Waals surface area contributed by atoms with Crippen LogP contribution in [-0.2, 0) is 21.4 Å². The lowest BCUT2D eigenvalue weighted by Crippen LogP contribution is -2.37. The zero-order valence-corrected chi connectivity index (χ0v) is 21.3. The normalized spacial score (nSPS) is 16.4. The third-order valence-corrected chi connectivity index (χ3v) is 6.88. The second kappa shape index (κ2) is 10.6. The van der Waals surface area contributed by atoms with Crippen molar-refractivity contribution in [2.45, 2.75) is 89.6 Å². The predicted molar refractivity (Wildman–Crippen MR) is 137 cm³/mol. The number of rotatable bonds is 10. The predicted octanol–water partition coefficient (Wildman–Crippen LogP) is 5.96. The molecule has 1 aliphatic carbocycles. The average Bonchev–Trinajstić information content (AvgIpc) is 3.56. The van der Waals surface area contributed by atoms with E-state index in [4.69, 9.17) is 10.5 Å². The van der Waals surface area contributed by atoms with Crippen molar-refractivity contribution in [3.8, 4) is 0 Å². The van der Waals surface area contributed by atoms with Crippen molar-refractivity contribution in [3.05, 3.63) is 70.8 Å². The van der Waals surface area contributed by atoms with E-state index in [0.717, 1.165) is 31.2 Å². The summed E-state index contributed by atoms with van der Waals surface area (Å²) >= 11 is 0. The zero-order chi connectivity index (χ0) is 24.9. The van der Waals surface area contributed by atoms with Crippen LogP contribution in [0.1, 0.15) is 94.4 Å². The van der Waals surface area contributed by atoms with Crippen LogP contribution < -0.4 is 11.1 Å². The minimum Gasteiger partial charge on any atom is -0.444 e. The standard InChI is InChI=1S/C29H40N2O3/c1-20(23-10-8-22(9-11-23)18-26(30)32)6-7-21(2)24-12-14-25(15-13-24)29(16-17-29)19-31-27(33)34-28(3,4)5/h8-15,20-21H,6-7,16-19H2,1-5H3,(H2,30,32)(H,31,33). The van der Waals surface area contributed by atoms with E-state index in [9.17, 15) is 9.59 Å². The molecule has 184 valence electrons. The highest BCUT2D eigenvalue weighted by Gasteiger charge is 2.44. The minimum absolute atomic E-state index is 0.0495. The molecule has 2 amide bonds. The van der Waals surface area contributed by atoms with Crippen LogP contribution in [0.25, 0.3) is 0 Å². The Balaban J connectivity index is 1.50. The van der Waals surface area contributed by atoms with Gasteiger partial charge in [0.25, 0.3) is 0 Å². The maximum Gasteiger partial charge on any atom is 0.407 e. The maximum absolute atomic E-state index is 12.0. The first-order valence-corrected chi connectivity index (χ1v) is 12.4. The van der Waals surface area contributed by atoms with E-state index in [0.29, 0.717) is 24.8 Å². The quantitative estimate of drug-likeness (QED) is 0.455. The SMILES string of the molecule is CC(CCC(C)c1ccc(C2(CNC(=O)OC(C)(C)C)CC2)cc1)c1ccc(CC(N)=O)cc1.